The minimum atomic E-state index is 0.123. The molecule has 0 saturated carbocycles. The second kappa shape index (κ2) is 5.01. The first-order chi connectivity index (χ1) is 8.72. The quantitative estimate of drug-likeness (QED) is 0.880. The third-order valence-corrected chi connectivity index (χ3v) is 2.15. The molecule has 2 aromatic rings. The maximum absolute atomic E-state index is 8.79. The number of rotatable bonds is 3. The summed E-state index contributed by atoms with van der Waals surface area (Å²) in [6.45, 7) is 0. The highest BCUT2D eigenvalue weighted by Crippen LogP contribution is 2.30. The van der Waals surface area contributed by atoms with Crippen molar-refractivity contribution in [2.75, 3.05) is 12.8 Å². The van der Waals surface area contributed by atoms with E-state index >= 15 is 0 Å². The molecule has 18 heavy (non-hydrogen) atoms. The van der Waals surface area contributed by atoms with Crippen LogP contribution in [0.5, 0.6) is 17.5 Å². The van der Waals surface area contributed by atoms with E-state index in [0.29, 0.717) is 22.9 Å². The Balaban J connectivity index is 2.32. The zero-order chi connectivity index (χ0) is 13.0. The number of anilines is 1. The molecule has 0 radical (unpaired) electrons. The molecule has 6 heteroatoms. The van der Waals surface area contributed by atoms with E-state index in [0.717, 1.165) is 0 Å². The number of nitrogen functional groups attached to an aromatic ring is 1. The Labute approximate surface area is 104 Å². The SMILES string of the molecule is COc1cc(C#N)ccc1Oc1nccc(N)n1. The summed E-state index contributed by atoms with van der Waals surface area (Å²) in [5.74, 6) is 1.16. The highest BCUT2D eigenvalue weighted by atomic mass is 16.5. The lowest BCUT2D eigenvalue weighted by atomic mass is 10.2. The Morgan fingerprint density at radius 2 is 2.11 bits per heavy atom. The van der Waals surface area contributed by atoms with Gasteiger partial charge in [0.05, 0.1) is 18.7 Å². The van der Waals surface area contributed by atoms with E-state index in [-0.39, 0.29) is 6.01 Å². The van der Waals surface area contributed by atoms with Crippen LogP contribution in [0.1, 0.15) is 5.56 Å². The molecule has 0 atom stereocenters. The summed E-state index contributed by atoms with van der Waals surface area (Å²) in [4.78, 5) is 7.83. The van der Waals surface area contributed by atoms with Crippen LogP contribution in [0.15, 0.2) is 30.5 Å². The molecule has 0 spiro atoms. The summed E-state index contributed by atoms with van der Waals surface area (Å²) in [6.07, 6.45) is 1.49. The minimum absolute atomic E-state index is 0.123. The fraction of sp³-hybridized carbons (Fsp3) is 0.0833. The van der Waals surface area contributed by atoms with Gasteiger partial charge in [-0.15, -0.1) is 0 Å². The summed E-state index contributed by atoms with van der Waals surface area (Å²) >= 11 is 0. The average molecular weight is 242 g/mol. The fourth-order valence-corrected chi connectivity index (χ4v) is 1.32. The van der Waals surface area contributed by atoms with Crippen LogP contribution in [0.25, 0.3) is 0 Å². The molecule has 2 rings (SSSR count). The summed E-state index contributed by atoms with van der Waals surface area (Å²) in [7, 11) is 1.49. The van der Waals surface area contributed by atoms with E-state index < -0.39 is 0 Å². The molecule has 1 aromatic carbocycles. The first kappa shape index (κ1) is 11.7. The first-order valence-electron chi connectivity index (χ1n) is 5.07. The van der Waals surface area contributed by atoms with Crippen LogP contribution < -0.4 is 15.2 Å². The summed E-state index contributed by atoms with van der Waals surface area (Å²) < 4.78 is 10.6. The third kappa shape index (κ3) is 2.47. The zero-order valence-corrected chi connectivity index (χ0v) is 9.62. The Bertz CT molecular complexity index is 607. The molecule has 0 unspecified atom stereocenters. The van der Waals surface area contributed by atoms with E-state index in [1.165, 1.54) is 13.3 Å². The van der Waals surface area contributed by atoms with E-state index in [1.807, 2.05) is 6.07 Å². The van der Waals surface area contributed by atoms with Gasteiger partial charge in [-0.2, -0.15) is 10.2 Å². The molecule has 0 saturated heterocycles. The van der Waals surface area contributed by atoms with Crippen LogP contribution in [0, 0.1) is 11.3 Å². The highest BCUT2D eigenvalue weighted by molar-refractivity contribution is 5.47. The molecule has 1 heterocycles. The number of nitrogens with two attached hydrogens (primary N) is 1. The second-order valence-corrected chi connectivity index (χ2v) is 3.34. The van der Waals surface area contributed by atoms with Gasteiger partial charge in [0.15, 0.2) is 11.5 Å². The van der Waals surface area contributed by atoms with Crippen molar-refractivity contribution >= 4 is 5.82 Å². The molecule has 6 nitrogen and oxygen atoms in total. The topological polar surface area (TPSA) is 94.0 Å². The van der Waals surface area contributed by atoms with Gasteiger partial charge in [-0.05, 0) is 18.2 Å². The predicted octanol–water partition coefficient (Wildman–Crippen LogP) is 1.73. The maximum atomic E-state index is 8.79. The Morgan fingerprint density at radius 3 is 2.78 bits per heavy atom. The fourth-order valence-electron chi connectivity index (χ4n) is 1.32. The predicted molar refractivity (Wildman–Crippen MR) is 64.2 cm³/mol. The van der Waals surface area contributed by atoms with Crippen LogP contribution in [-0.4, -0.2) is 17.1 Å². The lowest BCUT2D eigenvalue weighted by Gasteiger charge is -2.08. The van der Waals surface area contributed by atoms with Gasteiger partial charge in [0.1, 0.15) is 5.82 Å². The largest absolute Gasteiger partial charge is 0.493 e. The van der Waals surface area contributed by atoms with Crippen molar-refractivity contribution < 1.29 is 9.47 Å². The van der Waals surface area contributed by atoms with Crippen molar-refractivity contribution in [1.82, 2.24) is 9.97 Å². The standard InChI is InChI=1S/C12H10N4O2/c1-17-10-6-8(7-13)2-3-9(10)18-12-15-5-4-11(14)16-12/h2-6H,1H3,(H2,14,15,16). The van der Waals surface area contributed by atoms with E-state index in [4.69, 9.17) is 20.5 Å². The molecular formula is C12H10N4O2. The van der Waals surface area contributed by atoms with Crippen LogP contribution in [0.3, 0.4) is 0 Å². The number of hydrogen-bond donors (Lipinski definition) is 1. The van der Waals surface area contributed by atoms with Gasteiger partial charge in [0, 0.05) is 12.3 Å². The van der Waals surface area contributed by atoms with E-state index in [9.17, 15) is 0 Å². The number of methoxy groups -OCH3 is 1. The smallest absolute Gasteiger partial charge is 0.324 e. The van der Waals surface area contributed by atoms with Crippen LogP contribution in [0.2, 0.25) is 0 Å². The molecule has 0 aliphatic carbocycles. The maximum Gasteiger partial charge on any atom is 0.324 e. The number of nitriles is 1. The van der Waals surface area contributed by atoms with Crippen LogP contribution >= 0.6 is 0 Å². The lowest BCUT2D eigenvalue weighted by Crippen LogP contribution is -1.97. The van der Waals surface area contributed by atoms with Crippen LogP contribution in [0.4, 0.5) is 5.82 Å². The molecule has 0 bridgehead atoms. The van der Waals surface area contributed by atoms with Crippen molar-refractivity contribution in [3.8, 4) is 23.6 Å². The molecule has 2 N–H and O–H groups in total. The minimum Gasteiger partial charge on any atom is -0.493 e. The van der Waals surface area contributed by atoms with Crippen molar-refractivity contribution in [3.63, 3.8) is 0 Å². The Morgan fingerprint density at radius 1 is 1.28 bits per heavy atom. The number of benzene rings is 1. The van der Waals surface area contributed by atoms with Crippen molar-refractivity contribution in [3.05, 3.63) is 36.0 Å². The third-order valence-electron chi connectivity index (χ3n) is 2.15. The van der Waals surface area contributed by atoms with Gasteiger partial charge in [-0.1, -0.05) is 0 Å². The van der Waals surface area contributed by atoms with E-state index in [2.05, 4.69) is 9.97 Å². The monoisotopic (exact) mass is 242 g/mol. The molecule has 90 valence electrons. The molecule has 0 fully saturated rings. The number of ether oxygens (including phenoxy) is 2. The lowest BCUT2D eigenvalue weighted by molar-refractivity contribution is 0.368. The Kier molecular flexibility index (Phi) is 3.25. The van der Waals surface area contributed by atoms with Gasteiger partial charge < -0.3 is 15.2 Å². The zero-order valence-electron chi connectivity index (χ0n) is 9.62. The van der Waals surface area contributed by atoms with Gasteiger partial charge in [0.25, 0.3) is 0 Å². The molecule has 0 aliphatic heterocycles. The summed E-state index contributed by atoms with van der Waals surface area (Å²) in [6, 6.07) is 8.50. The molecule has 1 aromatic heterocycles. The second-order valence-electron chi connectivity index (χ2n) is 3.34. The van der Waals surface area contributed by atoms with Crippen molar-refractivity contribution in [1.29, 1.82) is 5.26 Å². The van der Waals surface area contributed by atoms with Crippen LogP contribution in [-0.2, 0) is 0 Å². The summed E-state index contributed by atoms with van der Waals surface area (Å²) in [5, 5.41) is 8.79. The molecular weight excluding hydrogens is 232 g/mol. The first-order valence-corrected chi connectivity index (χ1v) is 5.07. The summed E-state index contributed by atoms with van der Waals surface area (Å²) in [5.41, 5.74) is 6.00. The van der Waals surface area contributed by atoms with Crippen molar-refractivity contribution in [2.24, 2.45) is 0 Å². The average Bonchev–Trinajstić information content (AvgIpc) is 2.39. The normalized spacial score (nSPS) is 9.56. The van der Waals surface area contributed by atoms with E-state index in [1.54, 1.807) is 24.3 Å². The number of aromatic nitrogens is 2. The Hall–Kier alpha value is -2.81. The van der Waals surface area contributed by atoms with Crippen molar-refractivity contribution in [2.45, 2.75) is 0 Å². The number of hydrogen-bond acceptors (Lipinski definition) is 6. The highest BCUT2D eigenvalue weighted by Gasteiger charge is 2.08. The van der Waals surface area contributed by atoms with Gasteiger partial charge in [0.2, 0.25) is 0 Å². The number of nitrogens with zero attached hydrogens (tertiary/aromatic N) is 3. The van der Waals surface area contributed by atoms with Gasteiger partial charge in [-0.3, -0.25) is 0 Å². The molecule has 0 amide bonds. The van der Waals surface area contributed by atoms with Gasteiger partial charge >= 0.3 is 6.01 Å². The molecule has 0 aliphatic rings. The van der Waals surface area contributed by atoms with Gasteiger partial charge in [-0.25, -0.2) is 4.98 Å².